The Morgan fingerprint density at radius 1 is 1.42 bits per heavy atom. The van der Waals surface area contributed by atoms with Crippen LogP contribution in [0.3, 0.4) is 0 Å². The van der Waals surface area contributed by atoms with Crippen molar-refractivity contribution in [3.8, 4) is 5.69 Å². The Labute approximate surface area is 188 Å². The van der Waals surface area contributed by atoms with Gasteiger partial charge in [-0.15, -0.1) is 11.3 Å². The number of primary amides is 1. The van der Waals surface area contributed by atoms with Crippen LogP contribution in [-0.2, 0) is 23.8 Å². The van der Waals surface area contributed by atoms with Crippen molar-refractivity contribution in [3.63, 3.8) is 0 Å². The van der Waals surface area contributed by atoms with Crippen LogP contribution in [0.4, 0.5) is 13.2 Å². The lowest BCUT2D eigenvalue weighted by atomic mass is 9.89. The van der Waals surface area contributed by atoms with Gasteiger partial charge in [0.15, 0.2) is 5.16 Å². The molecule has 0 radical (unpaired) electrons. The Hall–Kier alpha value is -2.04. The molecule has 1 aliphatic rings. The number of rotatable bonds is 4. The first-order valence-corrected chi connectivity index (χ1v) is 11.6. The summed E-state index contributed by atoms with van der Waals surface area (Å²) in [5.74, 6) is -0.311. The molecule has 11 heteroatoms. The number of nitrogens with zero attached hydrogens (tertiary/aromatic N) is 2. The summed E-state index contributed by atoms with van der Waals surface area (Å²) >= 11 is 8.09. The first-order chi connectivity index (χ1) is 14.6. The van der Waals surface area contributed by atoms with E-state index in [0.717, 1.165) is 58.2 Å². The molecule has 1 aromatic carbocycles. The van der Waals surface area contributed by atoms with Gasteiger partial charge in [0.2, 0.25) is 5.91 Å². The molecule has 0 saturated heterocycles. The normalized spacial score (nSPS) is 16.5. The van der Waals surface area contributed by atoms with Crippen molar-refractivity contribution in [1.82, 2.24) is 9.55 Å². The van der Waals surface area contributed by atoms with Gasteiger partial charge in [-0.1, -0.05) is 30.3 Å². The van der Waals surface area contributed by atoms with E-state index in [1.165, 1.54) is 17.4 Å². The SMILES string of the molecule is CC1CCc2c(sc3nc(SCC(N)=O)n(-c4ccc(Cl)c(C(F)(F)F)c4)c(=O)c23)C1. The molecule has 4 rings (SSSR count). The number of thiophene rings is 1. The van der Waals surface area contributed by atoms with E-state index in [9.17, 15) is 22.8 Å². The second-order valence-electron chi connectivity index (χ2n) is 7.48. The Morgan fingerprint density at radius 3 is 2.84 bits per heavy atom. The Bertz CT molecular complexity index is 1250. The number of nitrogens with two attached hydrogens (primary N) is 1. The number of hydrogen-bond acceptors (Lipinski definition) is 5. The van der Waals surface area contributed by atoms with Gasteiger partial charge in [-0.25, -0.2) is 4.98 Å². The molecule has 0 saturated carbocycles. The van der Waals surface area contributed by atoms with Crippen molar-refractivity contribution < 1.29 is 18.0 Å². The van der Waals surface area contributed by atoms with Gasteiger partial charge in [0.05, 0.1) is 27.4 Å². The molecule has 1 amide bonds. The van der Waals surface area contributed by atoms with Gasteiger partial charge in [-0.05, 0) is 48.9 Å². The van der Waals surface area contributed by atoms with Crippen LogP contribution in [0.2, 0.25) is 5.02 Å². The number of amides is 1. The van der Waals surface area contributed by atoms with Crippen molar-refractivity contribution in [2.75, 3.05) is 5.75 Å². The zero-order valence-electron chi connectivity index (χ0n) is 16.3. The number of alkyl halides is 3. The van der Waals surface area contributed by atoms with Crippen molar-refractivity contribution >= 4 is 50.8 Å². The lowest BCUT2D eigenvalue weighted by Crippen LogP contribution is -2.24. The molecule has 1 aliphatic carbocycles. The van der Waals surface area contributed by atoms with Crippen LogP contribution in [-0.4, -0.2) is 21.2 Å². The molecule has 31 heavy (non-hydrogen) atoms. The number of carbonyl (C=O) groups excluding carboxylic acids is 1. The van der Waals surface area contributed by atoms with Crippen LogP contribution in [0.1, 0.15) is 29.3 Å². The lowest BCUT2D eigenvalue weighted by Gasteiger charge is -2.18. The zero-order chi connectivity index (χ0) is 22.5. The highest BCUT2D eigenvalue weighted by Gasteiger charge is 2.34. The summed E-state index contributed by atoms with van der Waals surface area (Å²) in [5.41, 5.74) is 4.62. The van der Waals surface area contributed by atoms with Gasteiger partial charge in [-0.2, -0.15) is 13.2 Å². The zero-order valence-corrected chi connectivity index (χ0v) is 18.6. The molecule has 0 spiro atoms. The molecule has 1 unspecified atom stereocenters. The van der Waals surface area contributed by atoms with Crippen molar-refractivity contribution in [1.29, 1.82) is 0 Å². The van der Waals surface area contributed by atoms with E-state index < -0.39 is 28.2 Å². The predicted molar refractivity (Wildman–Crippen MR) is 116 cm³/mol. The summed E-state index contributed by atoms with van der Waals surface area (Å²) in [6.07, 6.45) is -2.21. The first-order valence-electron chi connectivity index (χ1n) is 9.41. The minimum absolute atomic E-state index is 0.0211. The van der Waals surface area contributed by atoms with Crippen molar-refractivity contribution in [2.24, 2.45) is 11.7 Å². The molecule has 5 nitrogen and oxygen atoms in total. The van der Waals surface area contributed by atoms with Gasteiger partial charge >= 0.3 is 6.18 Å². The second-order valence-corrected chi connectivity index (χ2v) is 9.92. The van der Waals surface area contributed by atoms with E-state index in [1.807, 2.05) is 0 Å². The smallest absolute Gasteiger partial charge is 0.369 e. The number of hydrogen-bond donors (Lipinski definition) is 1. The molecule has 1 atom stereocenters. The maximum absolute atomic E-state index is 13.5. The van der Waals surface area contributed by atoms with Gasteiger partial charge in [0, 0.05) is 4.88 Å². The number of carbonyl (C=O) groups is 1. The molecule has 2 aromatic heterocycles. The third-order valence-electron chi connectivity index (χ3n) is 5.16. The molecule has 0 fully saturated rings. The fourth-order valence-electron chi connectivity index (χ4n) is 3.70. The van der Waals surface area contributed by atoms with E-state index in [2.05, 4.69) is 11.9 Å². The standard InChI is InChI=1S/C20H17ClF3N3O2S2/c1-9-2-4-11-14(6-9)31-17-16(11)18(29)27(19(26-17)30-8-15(25)28)10-3-5-13(21)12(7-10)20(22,23)24/h3,5,7,9H,2,4,6,8H2,1H3,(H2,25,28). The summed E-state index contributed by atoms with van der Waals surface area (Å²) in [7, 11) is 0. The quantitative estimate of drug-likeness (QED) is 0.422. The van der Waals surface area contributed by atoms with Crippen LogP contribution in [0, 0.1) is 5.92 Å². The van der Waals surface area contributed by atoms with Gasteiger partial charge < -0.3 is 5.73 Å². The van der Waals surface area contributed by atoms with Gasteiger partial charge in [-0.3, -0.25) is 14.2 Å². The van der Waals surface area contributed by atoms with Crippen LogP contribution >= 0.6 is 34.7 Å². The maximum atomic E-state index is 13.5. The summed E-state index contributed by atoms with van der Waals surface area (Å²) in [6, 6.07) is 3.26. The lowest BCUT2D eigenvalue weighted by molar-refractivity contribution is -0.137. The minimum Gasteiger partial charge on any atom is -0.369 e. The summed E-state index contributed by atoms with van der Waals surface area (Å²) < 4.78 is 41.4. The number of aryl methyl sites for hydroxylation is 1. The van der Waals surface area contributed by atoms with Crippen LogP contribution < -0.4 is 11.3 Å². The molecule has 0 aliphatic heterocycles. The van der Waals surface area contributed by atoms with E-state index in [0.29, 0.717) is 16.1 Å². The van der Waals surface area contributed by atoms with Gasteiger partial charge in [0.25, 0.3) is 5.56 Å². The van der Waals surface area contributed by atoms with Crippen LogP contribution in [0.25, 0.3) is 15.9 Å². The van der Waals surface area contributed by atoms with Crippen LogP contribution in [0.15, 0.2) is 28.2 Å². The maximum Gasteiger partial charge on any atom is 0.417 e. The molecule has 2 N–H and O–H groups in total. The number of benzene rings is 1. The van der Waals surface area contributed by atoms with E-state index in [1.54, 1.807) is 0 Å². The molecule has 2 heterocycles. The molecular weight excluding hydrogens is 471 g/mol. The average Bonchev–Trinajstić information content (AvgIpc) is 3.03. The van der Waals surface area contributed by atoms with Crippen LogP contribution in [0.5, 0.6) is 0 Å². The Kier molecular flexibility index (Phi) is 5.82. The third kappa shape index (κ3) is 4.20. The highest BCUT2D eigenvalue weighted by molar-refractivity contribution is 7.99. The largest absolute Gasteiger partial charge is 0.417 e. The number of fused-ring (bicyclic) bond motifs is 3. The third-order valence-corrected chi connectivity index (χ3v) is 7.59. The van der Waals surface area contributed by atoms with Crippen molar-refractivity contribution in [2.45, 2.75) is 37.5 Å². The number of aromatic nitrogens is 2. The highest BCUT2D eigenvalue weighted by Crippen LogP contribution is 2.38. The highest BCUT2D eigenvalue weighted by atomic mass is 35.5. The number of thioether (sulfide) groups is 1. The monoisotopic (exact) mass is 487 g/mol. The summed E-state index contributed by atoms with van der Waals surface area (Å²) in [6.45, 7) is 2.14. The minimum atomic E-state index is -4.69. The Morgan fingerprint density at radius 2 is 2.16 bits per heavy atom. The van der Waals surface area contributed by atoms with Crippen molar-refractivity contribution in [3.05, 3.63) is 49.6 Å². The topological polar surface area (TPSA) is 78.0 Å². The molecule has 0 bridgehead atoms. The molecular formula is C20H17ClF3N3O2S2. The number of halogens is 4. The second kappa shape index (κ2) is 8.14. The predicted octanol–water partition coefficient (Wildman–Crippen LogP) is 4.82. The molecule has 164 valence electrons. The first kappa shape index (κ1) is 22.2. The van der Waals surface area contributed by atoms with E-state index in [-0.39, 0.29) is 16.6 Å². The average molecular weight is 488 g/mol. The fourth-order valence-corrected chi connectivity index (χ4v) is 6.10. The van der Waals surface area contributed by atoms with E-state index >= 15 is 0 Å². The summed E-state index contributed by atoms with van der Waals surface area (Å²) in [5, 5.41) is 0.0730. The van der Waals surface area contributed by atoms with Gasteiger partial charge in [0.1, 0.15) is 4.83 Å². The Balaban J connectivity index is 1.98. The summed E-state index contributed by atoms with van der Waals surface area (Å²) in [4.78, 5) is 31.0. The fraction of sp³-hybridized carbons (Fsp3) is 0.350. The van der Waals surface area contributed by atoms with E-state index in [4.69, 9.17) is 17.3 Å². The molecule has 3 aromatic rings.